The van der Waals surface area contributed by atoms with Crippen molar-refractivity contribution in [3.63, 3.8) is 0 Å². The number of aromatic hydroxyl groups is 1. The summed E-state index contributed by atoms with van der Waals surface area (Å²) in [5.41, 5.74) is 1.01. The molecule has 3 aromatic rings. The van der Waals surface area contributed by atoms with E-state index in [0.29, 0.717) is 11.2 Å². The lowest BCUT2D eigenvalue weighted by Crippen LogP contribution is -2.18. The van der Waals surface area contributed by atoms with Crippen molar-refractivity contribution in [1.82, 2.24) is 4.57 Å². The number of nitrogens with zero attached hydrogens (tertiary/aromatic N) is 1. The first-order valence-electron chi connectivity index (χ1n) is 6.46. The molecular formula is C16H13FN2O2. The number of anilines is 1. The van der Waals surface area contributed by atoms with Crippen molar-refractivity contribution in [2.24, 2.45) is 0 Å². The highest BCUT2D eigenvalue weighted by Gasteiger charge is 2.09. The Balaban J connectivity index is 1.80. The van der Waals surface area contributed by atoms with E-state index in [2.05, 4.69) is 5.32 Å². The van der Waals surface area contributed by atoms with Crippen molar-refractivity contribution >= 4 is 22.5 Å². The Bertz CT molecular complexity index is 811. The van der Waals surface area contributed by atoms with Gasteiger partial charge in [0.2, 0.25) is 5.91 Å². The Kier molecular flexibility index (Phi) is 3.31. The molecule has 4 nitrogen and oxygen atoms in total. The molecule has 0 atom stereocenters. The number of phenolic OH excluding ortho intramolecular Hbond substituents is 1. The van der Waals surface area contributed by atoms with E-state index < -0.39 is 0 Å². The van der Waals surface area contributed by atoms with E-state index in [1.165, 1.54) is 18.2 Å². The van der Waals surface area contributed by atoms with Gasteiger partial charge < -0.3 is 15.0 Å². The van der Waals surface area contributed by atoms with Crippen molar-refractivity contribution in [3.8, 4) is 5.75 Å². The van der Waals surface area contributed by atoms with Gasteiger partial charge in [-0.2, -0.15) is 0 Å². The lowest BCUT2D eigenvalue weighted by Gasteiger charge is -2.08. The summed E-state index contributed by atoms with van der Waals surface area (Å²) in [6, 6.07) is 12.8. The number of carbonyl (C=O) groups excluding carboxylic acids is 1. The van der Waals surface area contributed by atoms with Gasteiger partial charge in [0.25, 0.3) is 0 Å². The van der Waals surface area contributed by atoms with Crippen LogP contribution in [0.15, 0.2) is 54.7 Å². The van der Waals surface area contributed by atoms with Crippen LogP contribution in [0.2, 0.25) is 0 Å². The average molecular weight is 284 g/mol. The summed E-state index contributed by atoms with van der Waals surface area (Å²) in [6.45, 7) is 0.0429. The van der Waals surface area contributed by atoms with Gasteiger partial charge in [-0.3, -0.25) is 4.79 Å². The molecule has 0 bridgehead atoms. The third kappa shape index (κ3) is 2.72. The molecule has 2 N–H and O–H groups in total. The van der Waals surface area contributed by atoms with Crippen LogP contribution in [-0.4, -0.2) is 15.6 Å². The van der Waals surface area contributed by atoms with E-state index in [4.69, 9.17) is 0 Å². The number of rotatable bonds is 3. The summed E-state index contributed by atoms with van der Waals surface area (Å²) < 4.78 is 14.9. The molecule has 0 saturated carbocycles. The first-order valence-corrected chi connectivity index (χ1v) is 6.46. The van der Waals surface area contributed by atoms with Crippen molar-refractivity contribution in [1.29, 1.82) is 0 Å². The smallest absolute Gasteiger partial charge is 0.244 e. The van der Waals surface area contributed by atoms with E-state index in [0.717, 1.165) is 5.39 Å². The van der Waals surface area contributed by atoms with Crippen LogP contribution in [0.5, 0.6) is 5.75 Å². The van der Waals surface area contributed by atoms with Crippen LogP contribution in [0, 0.1) is 5.82 Å². The van der Waals surface area contributed by atoms with Crippen LogP contribution in [0.1, 0.15) is 0 Å². The van der Waals surface area contributed by atoms with Crippen LogP contribution in [0.3, 0.4) is 0 Å². The van der Waals surface area contributed by atoms with Gasteiger partial charge in [0.1, 0.15) is 18.1 Å². The molecular weight excluding hydrogens is 271 g/mol. The number of halogens is 1. The normalized spacial score (nSPS) is 10.7. The zero-order valence-corrected chi connectivity index (χ0v) is 11.1. The topological polar surface area (TPSA) is 54.3 Å². The number of hydrogen-bond donors (Lipinski definition) is 2. The minimum Gasteiger partial charge on any atom is -0.506 e. The lowest BCUT2D eigenvalue weighted by molar-refractivity contribution is -0.116. The number of hydrogen-bond acceptors (Lipinski definition) is 2. The van der Waals surface area contributed by atoms with Gasteiger partial charge in [0, 0.05) is 6.20 Å². The Hall–Kier alpha value is -2.82. The van der Waals surface area contributed by atoms with E-state index in [9.17, 15) is 14.3 Å². The summed E-state index contributed by atoms with van der Waals surface area (Å²) >= 11 is 0. The second-order valence-electron chi connectivity index (χ2n) is 4.71. The fraction of sp³-hybridized carbons (Fsp3) is 0.0625. The molecule has 0 unspecified atom stereocenters. The zero-order valence-electron chi connectivity index (χ0n) is 11.1. The predicted octanol–water partition coefficient (Wildman–Crippen LogP) is 3.12. The fourth-order valence-electron chi connectivity index (χ4n) is 2.22. The van der Waals surface area contributed by atoms with Crippen LogP contribution >= 0.6 is 0 Å². The van der Waals surface area contributed by atoms with Crippen molar-refractivity contribution in [2.45, 2.75) is 6.54 Å². The largest absolute Gasteiger partial charge is 0.506 e. The van der Waals surface area contributed by atoms with Crippen LogP contribution in [0.4, 0.5) is 10.1 Å². The van der Waals surface area contributed by atoms with Crippen molar-refractivity contribution in [2.75, 3.05) is 5.32 Å². The molecule has 0 aliphatic rings. The highest BCUT2D eigenvalue weighted by molar-refractivity contribution is 5.93. The number of amides is 1. The molecule has 1 aromatic heterocycles. The SMILES string of the molecule is O=C(Cn1ccc2ccc(F)cc21)Nc1ccccc1O. The molecule has 2 aromatic carbocycles. The predicted molar refractivity (Wildman–Crippen MR) is 78.6 cm³/mol. The highest BCUT2D eigenvalue weighted by Crippen LogP contribution is 2.22. The molecule has 106 valence electrons. The monoisotopic (exact) mass is 284 g/mol. The second kappa shape index (κ2) is 5.28. The molecule has 1 amide bonds. The second-order valence-corrected chi connectivity index (χ2v) is 4.71. The number of phenols is 1. The Morgan fingerprint density at radius 3 is 2.81 bits per heavy atom. The molecule has 3 rings (SSSR count). The zero-order chi connectivity index (χ0) is 14.8. The molecule has 0 saturated heterocycles. The molecule has 0 spiro atoms. The fourth-order valence-corrected chi connectivity index (χ4v) is 2.22. The average Bonchev–Trinajstić information content (AvgIpc) is 2.84. The number of fused-ring (bicyclic) bond motifs is 1. The third-order valence-electron chi connectivity index (χ3n) is 3.23. The molecule has 21 heavy (non-hydrogen) atoms. The number of carbonyl (C=O) groups is 1. The van der Waals surface area contributed by atoms with E-state index in [1.54, 1.807) is 35.0 Å². The van der Waals surface area contributed by atoms with Gasteiger partial charge in [-0.05, 0) is 41.8 Å². The number of aromatic nitrogens is 1. The highest BCUT2D eigenvalue weighted by atomic mass is 19.1. The van der Waals surface area contributed by atoms with Gasteiger partial charge in [-0.25, -0.2) is 4.39 Å². The number of para-hydroxylation sites is 2. The van der Waals surface area contributed by atoms with E-state index in [-0.39, 0.29) is 24.0 Å². The minimum atomic E-state index is -0.344. The van der Waals surface area contributed by atoms with Crippen LogP contribution in [-0.2, 0) is 11.3 Å². The maximum Gasteiger partial charge on any atom is 0.244 e. The van der Waals surface area contributed by atoms with E-state index >= 15 is 0 Å². The first kappa shape index (κ1) is 13.2. The van der Waals surface area contributed by atoms with Crippen LogP contribution < -0.4 is 5.32 Å². The number of nitrogens with one attached hydrogen (secondary N) is 1. The summed E-state index contributed by atoms with van der Waals surface area (Å²) in [6.07, 6.45) is 1.73. The van der Waals surface area contributed by atoms with Gasteiger partial charge >= 0.3 is 0 Å². The molecule has 0 fully saturated rings. The van der Waals surface area contributed by atoms with Gasteiger partial charge in [-0.15, -0.1) is 0 Å². The summed E-state index contributed by atoms with van der Waals surface area (Å²) in [4.78, 5) is 12.0. The third-order valence-corrected chi connectivity index (χ3v) is 3.23. The molecule has 5 heteroatoms. The van der Waals surface area contributed by atoms with Crippen molar-refractivity contribution in [3.05, 3.63) is 60.5 Å². The van der Waals surface area contributed by atoms with Crippen molar-refractivity contribution < 1.29 is 14.3 Å². The van der Waals surface area contributed by atoms with Gasteiger partial charge in [0.15, 0.2) is 0 Å². The Labute approximate surface area is 120 Å². The standard InChI is InChI=1S/C16H13FN2O2/c17-12-6-5-11-7-8-19(14(11)9-12)10-16(21)18-13-3-1-2-4-15(13)20/h1-9,20H,10H2,(H,18,21). The summed E-state index contributed by atoms with van der Waals surface area (Å²) in [5, 5.41) is 13.1. The molecule has 0 aliphatic carbocycles. The Morgan fingerprint density at radius 2 is 2.00 bits per heavy atom. The first-order chi connectivity index (χ1) is 10.1. The van der Waals surface area contributed by atoms with Crippen LogP contribution in [0.25, 0.3) is 10.9 Å². The van der Waals surface area contributed by atoms with Gasteiger partial charge in [0.05, 0.1) is 11.2 Å². The molecule has 1 heterocycles. The minimum absolute atomic E-state index is 0.00857. The lowest BCUT2D eigenvalue weighted by atomic mass is 10.2. The Morgan fingerprint density at radius 1 is 1.19 bits per heavy atom. The van der Waals surface area contributed by atoms with Gasteiger partial charge in [-0.1, -0.05) is 12.1 Å². The molecule has 0 radical (unpaired) electrons. The number of benzene rings is 2. The quantitative estimate of drug-likeness (QED) is 0.726. The summed E-state index contributed by atoms with van der Waals surface area (Å²) in [7, 11) is 0. The van der Waals surface area contributed by atoms with E-state index in [1.807, 2.05) is 6.07 Å². The molecule has 0 aliphatic heterocycles. The summed E-state index contributed by atoms with van der Waals surface area (Å²) in [5.74, 6) is -0.629. The maximum absolute atomic E-state index is 13.3. The maximum atomic E-state index is 13.3.